The van der Waals surface area contributed by atoms with Gasteiger partial charge in [0, 0.05) is 5.39 Å². The molecule has 0 bridgehead atoms. The lowest BCUT2D eigenvalue weighted by atomic mass is 10.0. The van der Waals surface area contributed by atoms with Crippen molar-refractivity contribution in [1.29, 1.82) is 0 Å². The van der Waals surface area contributed by atoms with Crippen molar-refractivity contribution >= 4 is 38.9 Å². The second-order valence-corrected chi connectivity index (χ2v) is 12.6. The van der Waals surface area contributed by atoms with Crippen LogP contribution >= 0.6 is 0 Å². The van der Waals surface area contributed by atoms with Gasteiger partial charge in [0.25, 0.3) is 10.0 Å². The Hall–Kier alpha value is -3.80. The van der Waals surface area contributed by atoms with Gasteiger partial charge in [0.1, 0.15) is 6.79 Å². The molecule has 1 aromatic heterocycles. The molecule has 3 aromatic rings. The number of anilines is 1. The van der Waals surface area contributed by atoms with E-state index < -0.39 is 47.0 Å². The molecule has 16 heteroatoms. The molecular formula is C29H37N5O10S. The van der Waals surface area contributed by atoms with Crippen LogP contribution in [0.2, 0.25) is 0 Å². The molecule has 2 atom stereocenters. The number of nitrogens with one attached hydrogen (secondary N) is 3. The Bertz CT molecular complexity index is 1540. The zero-order valence-electron chi connectivity index (χ0n) is 24.7. The summed E-state index contributed by atoms with van der Waals surface area (Å²) in [5.41, 5.74) is 1.27. The van der Waals surface area contributed by atoms with Gasteiger partial charge in [0.2, 0.25) is 0 Å². The quantitative estimate of drug-likeness (QED) is 0.211. The third-order valence-electron chi connectivity index (χ3n) is 7.53. The van der Waals surface area contributed by atoms with Crippen molar-refractivity contribution in [2.45, 2.75) is 61.4 Å². The SMILES string of the molecule is COC(=O)Nc1n[nH]c2ccc(S(=O)(=O)N(CC(O)C(Cc3ccccc3)NC(=O)OC3COCOC3)OC3CCCC3)cc12. The number of aromatic amines is 1. The van der Waals surface area contributed by atoms with Gasteiger partial charge >= 0.3 is 12.2 Å². The molecule has 1 saturated carbocycles. The van der Waals surface area contributed by atoms with Crippen molar-refractivity contribution in [2.24, 2.45) is 0 Å². The van der Waals surface area contributed by atoms with Crippen molar-refractivity contribution in [3.05, 3.63) is 54.1 Å². The summed E-state index contributed by atoms with van der Waals surface area (Å²) in [6.07, 6.45) is -0.769. The first-order chi connectivity index (χ1) is 21.7. The van der Waals surface area contributed by atoms with Crippen molar-refractivity contribution in [3.63, 3.8) is 0 Å². The van der Waals surface area contributed by atoms with E-state index in [9.17, 15) is 23.1 Å². The highest BCUT2D eigenvalue weighted by Crippen LogP contribution is 2.29. The number of aliphatic hydroxyl groups is 1. The number of carbonyl (C=O) groups excluding carboxylic acids is 2. The Morgan fingerprint density at radius 1 is 1.09 bits per heavy atom. The van der Waals surface area contributed by atoms with Crippen molar-refractivity contribution in [2.75, 3.05) is 39.0 Å². The minimum absolute atomic E-state index is 0.0802. The van der Waals surface area contributed by atoms with E-state index in [1.54, 1.807) is 0 Å². The number of aliphatic hydroxyl groups excluding tert-OH is 1. The summed E-state index contributed by atoms with van der Waals surface area (Å²) in [4.78, 5) is 30.5. The molecule has 2 fully saturated rings. The predicted octanol–water partition coefficient (Wildman–Crippen LogP) is 2.68. The molecule has 2 aliphatic rings. The second-order valence-electron chi connectivity index (χ2n) is 10.8. The smallest absolute Gasteiger partial charge is 0.412 e. The number of fused-ring (bicyclic) bond motifs is 1. The average Bonchev–Trinajstić information content (AvgIpc) is 3.71. The molecule has 45 heavy (non-hydrogen) atoms. The van der Waals surface area contributed by atoms with E-state index in [-0.39, 0.29) is 43.2 Å². The zero-order chi connectivity index (χ0) is 31.8. The predicted molar refractivity (Wildman–Crippen MR) is 159 cm³/mol. The van der Waals surface area contributed by atoms with E-state index in [2.05, 4.69) is 25.6 Å². The molecule has 2 unspecified atom stereocenters. The Kier molecular flexibility index (Phi) is 10.9. The molecule has 1 aliphatic heterocycles. The first kappa shape index (κ1) is 32.6. The van der Waals surface area contributed by atoms with Crippen LogP contribution in [0, 0.1) is 0 Å². The summed E-state index contributed by atoms with van der Waals surface area (Å²) < 4.78 is 49.4. The van der Waals surface area contributed by atoms with Crippen molar-refractivity contribution in [1.82, 2.24) is 20.0 Å². The monoisotopic (exact) mass is 647 g/mol. The lowest BCUT2D eigenvalue weighted by Gasteiger charge is -2.31. The summed E-state index contributed by atoms with van der Waals surface area (Å²) >= 11 is 0. The van der Waals surface area contributed by atoms with E-state index >= 15 is 0 Å². The van der Waals surface area contributed by atoms with Crippen LogP contribution in [0.1, 0.15) is 31.2 Å². The Balaban J connectivity index is 1.40. The summed E-state index contributed by atoms with van der Waals surface area (Å²) in [6.45, 7) is -0.0569. The fraction of sp³-hybridized carbons (Fsp3) is 0.483. The molecule has 15 nitrogen and oxygen atoms in total. The fourth-order valence-electron chi connectivity index (χ4n) is 5.17. The average molecular weight is 648 g/mol. The largest absolute Gasteiger partial charge is 0.453 e. The Morgan fingerprint density at radius 3 is 2.53 bits per heavy atom. The minimum Gasteiger partial charge on any atom is -0.453 e. The normalized spacial score (nSPS) is 17.7. The van der Waals surface area contributed by atoms with Gasteiger partial charge in [-0.15, -0.1) is 0 Å². The molecule has 5 rings (SSSR count). The molecule has 4 N–H and O–H groups in total. The van der Waals surface area contributed by atoms with Crippen LogP contribution in [-0.2, 0) is 40.2 Å². The molecular weight excluding hydrogens is 610 g/mol. The maximum atomic E-state index is 14.1. The Morgan fingerprint density at radius 2 is 1.82 bits per heavy atom. The number of benzene rings is 2. The van der Waals surface area contributed by atoms with E-state index in [0.29, 0.717) is 23.7 Å². The van der Waals surface area contributed by atoms with Crippen LogP contribution in [0.25, 0.3) is 10.9 Å². The van der Waals surface area contributed by atoms with E-state index in [1.165, 1.54) is 25.3 Å². The third-order valence-corrected chi connectivity index (χ3v) is 9.15. The van der Waals surface area contributed by atoms with Gasteiger partial charge < -0.3 is 29.4 Å². The number of H-pyrrole nitrogens is 1. The number of nitrogens with zero attached hydrogens (tertiary/aromatic N) is 2. The van der Waals surface area contributed by atoms with Gasteiger partial charge in [0.15, 0.2) is 11.9 Å². The summed E-state index contributed by atoms with van der Waals surface area (Å²) in [5, 5.41) is 23.7. The maximum absolute atomic E-state index is 14.1. The Labute approximate surface area is 260 Å². The van der Waals surface area contributed by atoms with Gasteiger partial charge in [-0.05, 0) is 43.0 Å². The molecule has 2 aromatic carbocycles. The number of ether oxygens (including phenoxy) is 4. The number of hydrogen-bond donors (Lipinski definition) is 4. The second kappa shape index (κ2) is 15.0. The molecule has 1 aliphatic carbocycles. The first-order valence-corrected chi connectivity index (χ1v) is 16.0. The van der Waals surface area contributed by atoms with Crippen LogP contribution in [0.3, 0.4) is 0 Å². The highest BCUT2D eigenvalue weighted by molar-refractivity contribution is 7.89. The molecule has 2 heterocycles. The van der Waals surface area contributed by atoms with E-state index in [0.717, 1.165) is 22.9 Å². The van der Waals surface area contributed by atoms with Gasteiger partial charge in [-0.25, -0.2) is 18.0 Å². The first-order valence-electron chi connectivity index (χ1n) is 14.6. The van der Waals surface area contributed by atoms with Crippen molar-refractivity contribution < 1.29 is 46.9 Å². The number of carbonyl (C=O) groups is 2. The third kappa shape index (κ3) is 8.47. The standard InChI is InChI=1S/C29H37N5O10S/c1-40-28(36)31-27-23-14-22(11-12-24(23)32-33-27)45(38,39)34(44-20-9-5-6-10-20)15-26(35)25(13-19-7-3-2-4-8-19)30-29(37)43-21-16-41-18-42-17-21/h2-4,7-8,11-12,14,20-21,25-26,35H,5-6,9-10,13,15-18H2,1H3,(H,30,37)(H2,31,32,33,36). The van der Waals surface area contributed by atoms with E-state index in [4.69, 9.17) is 19.0 Å². The molecule has 1 saturated heterocycles. The van der Waals surface area contributed by atoms with Gasteiger partial charge in [-0.1, -0.05) is 47.6 Å². The van der Waals surface area contributed by atoms with Crippen LogP contribution < -0.4 is 10.6 Å². The van der Waals surface area contributed by atoms with Crippen molar-refractivity contribution in [3.8, 4) is 0 Å². The molecule has 244 valence electrons. The van der Waals surface area contributed by atoms with E-state index in [1.807, 2.05) is 30.3 Å². The molecule has 2 amide bonds. The summed E-state index contributed by atoms with van der Waals surface area (Å²) in [5.74, 6) is 0.0802. The highest BCUT2D eigenvalue weighted by Gasteiger charge is 2.35. The number of methoxy groups -OCH3 is 1. The zero-order valence-corrected chi connectivity index (χ0v) is 25.5. The summed E-state index contributed by atoms with van der Waals surface area (Å²) in [6, 6.07) is 12.4. The maximum Gasteiger partial charge on any atom is 0.412 e. The molecule has 0 radical (unpaired) electrons. The number of amides is 2. The number of rotatable bonds is 12. The van der Waals surface area contributed by atoms with Gasteiger partial charge in [-0.3, -0.25) is 15.3 Å². The van der Waals surface area contributed by atoms with Crippen LogP contribution in [-0.4, -0.2) is 98.4 Å². The fourth-order valence-corrected chi connectivity index (χ4v) is 6.50. The number of hydrogen-bond acceptors (Lipinski definition) is 11. The number of alkyl carbamates (subject to hydrolysis) is 1. The van der Waals surface area contributed by atoms with Crippen LogP contribution in [0.5, 0.6) is 0 Å². The minimum atomic E-state index is -4.37. The van der Waals surface area contributed by atoms with Gasteiger partial charge in [0.05, 0.1) is 55.5 Å². The summed E-state index contributed by atoms with van der Waals surface area (Å²) in [7, 11) is -3.18. The highest BCUT2D eigenvalue weighted by atomic mass is 32.2. The number of sulfonamides is 1. The number of aromatic nitrogens is 2. The molecule has 0 spiro atoms. The lowest BCUT2D eigenvalue weighted by Crippen LogP contribution is -2.52. The van der Waals surface area contributed by atoms with Crippen LogP contribution in [0.15, 0.2) is 53.4 Å². The van der Waals surface area contributed by atoms with Gasteiger partial charge in [-0.2, -0.15) is 5.10 Å². The lowest BCUT2D eigenvalue weighted by molar-refractivity contribution is -0.153. The topological polar surface area (TPSA) is 191 Å². The number of hydroxylamine groups is 1. The van der Waals surface area contributed by atoms with Crippen LogP contribution in [0.4, 0.5) is 15.4 Å².